The molecule has 194 valence electrons. The van der Waals surface area contributed by atoms with Crippen LogP contribution in [0.4, 0.5) is 22.9 Å². The number of nitrogens with two attached hydrogens (primary N) is 1. The number of hydrogen-bond donors (Lipinski definition) is 4. The van der Waals surface area contributed by atoms with Crippen molar-refractivity contribution in [3.8, 4) is 22.9 Å². The Balaban J connectivity index is 1.87. The molecule has 1 heterocycles. The summed E-state index contributed by atoms with van der Waals surface area (Å²) < 4.78 is 10.8. The van der Waals surface area contributed by atoms with E-state index in [1.54, 1.807) is 42.5 Å². The molecule has 4 rings (SSSR count). The van der Waals surface area contributed by atoms with Gasteiger partial charge in [-0.2, -0.15) is 0 Å². The number of esters is 1. The van der Waals surface area contributed by atoms with Crippen LogP contribution in [0.2, 0.25) is 0 Å². The van der Waals surface area contributed by atoms with Crippen molar-refractivity contribution in [2.45, 2.75) is 26.7 Å². The molecule has 3 aromatic carbocycles. The van der Waals surface area contributed by atoms with Crippen molar-refractivity contribution in [1.29, 1.82) is 5.41 Å². The summed E-state index contributed by atoms with van der Waals surface area (Å²) in [7, 11) is 1.48. The van der Waals surface area contributed by atoms with Gasteiger partial charge >= 0.3 is 5.97 Å². The van der Waals surface area contributed by atoms with E-state index in [1.165, 1.54) is 20.2 Å². The number of carbonyl (C=O) groups excluding carboxylic acids is 2. The average molecular weight is 513 g/mol. The Morgan fingerprint density at radius 2 is 1.87 bits per heavy atom. The summed E-state index contributed by atoms with van der Waals surface area (Å²) in [6, 6.07) is 15.8. The predicted molar refractivity (Wildman–Crippen MR) is 148 cm³/mol. The Kier molecular flexibility index (Phi) is 7.81. The van der Waals surface area contributed by atoms with E-state index in [-0.39, 0.29) is 11.7 Å². The van der Waals surface area contributed by atoms with Crippen molar-refractivity contribution in [2.24, 2.45) is 0 Å². The van der Waals surface area contributed by atoms with Crippen LogP contribution in [0.5, 0.6) is 11.5 Å². The zero-order valence-electron chi connectivity index (χ0n) is 21.3. The minimum atomic E-state index is -0.495. The molecular formula is C28H28N6O4. The van der Waals surface area contributed by atoms with Crippen LogP contribution in [0.3, 0.4) is 0 Å². The number of aromatic nitrogens is 2. The number of ether oxygens (including phenoxy) is 2. The number of anilines is 4. The van der Waals surface area contributed by atoms with Crippen molar-refractivity contribution >= 4 is 51.9 Å². The maximum Gasteiger partial charge on any atom is 0.308 e. The fourth-order valence-electron chi connectivity index (χ4n) is 3.86. The molecule has 0 aliphatic carbocycles. The summed E-state index contributed by atoms with van der Waals surface area (Å²) in [4.78, 5) is 33.3. The normalized spacial score (nSPS) is 10.6. The van der Waals surface area contributed by atoms with Crippen molar-refractivity contribution in [3.63, 3.8) is 0 Å². The van der Waals surface area contributed by atoms with Gasteiger partial charge in [-0.15, -0.1) is 0 Å². The van der Waals surface area contributed by atoms with Gasteiger partial charge in [-0.05, 0) is 42.8 Å². The second-order valence-corrected chi connectivity index (χ2v) is 8.50. The number of rotatable bonds is 9. The molecule has 5 N–H and O–H groups in total. The molecule has 0 aliphatic rings. The molecule has 0 fully saturated rings. The highest BCUT2D eigenvalue weighted by Gasteiger charge is 2.17. The lowest BCUT2D eigenvalue weighted by molar-refractivity contribution is -0.132. The van der Waals surface area contributed by atoms with Gasteiger partial charge in [0.2, 0.25) is 5.91 Å². The quantitative estimate of drug-likeness (QED) is 0.102. The average Bonchev–Trinajstić information content (AvgIpc) is 2.89. The Bertz CT molecular complexity index is 1540. The first-order chi connectivity index (χ1) is 18.3. The highest BCUT2D eigenvalue weighted by Crippen LogP contribution is 2.37. The number of amides is 1. The van der Waals surface area contributed by atoms with Gasteiger partial charge < -0.3 is 31.3 Å². The fraction of sp³-hybridized carbons (Fsp3) is 0.179. The van der Waals surface area contributed by atoms with Crippen molar-refractivity contribution < 1.29 is 19.1 Å². The molecule has 10 nitrogen and oxygen atoms in total. The minimum Gasteiger partial charge on any atom is -0.493 e. The van der Waals surface area contributed by atoms with Crippen LogP contribution in [0.1, 0.15) is 32.3 Å². The number of nitrogen functional groups attached to an aromatic ring is 1. The van der Waals surface area contributed by atoms with E-state index in [9.17, 15) is 9.59 Å². The van der Waals surface area contributed by atoms with Crippen LogP contribution in [0, 0.1) is 5.41 Å². The van der Waals surface area contributed by atoms with E-state index in [0.717, 1.165) is 6.42 Å². The second kappa shape index (κ2) is 11.4. The maximum atomic E-state index is 12.1. The van der Waals surface area contributed by atoms with E-state index in [4.69, 9.17) is 30.6 Å². The predicted octanol–water partition coefficient (Wildman–Crippen LogP) is 5.29. The number of fused-ring (bicyclic) bond motifs is 1. The fourth-order valence-corrected chi connectivity index (χ4v) is 3.86. The molecule has 0 radical (unpaired) electrons. The number of hydrogen-bond acceptors (Lipinski definition) is 9. The van der Waals surface area contributed by atoms with Gasteiger partial charge in [-0.1, -0.05) is 19.1 Å². The number of benzene rings is 3. The van der Waals surface area contributed by atoms with E-state index < -0.39 is 5.97 Å². The summed E-state index contributed by atoms with van der Waals surface area (Å²) >= 11 is 0. The molecule has 0 spiro atoms. The smallest absolute Gasteiger partial charge is 0.308 e. The van der Waals surface area contributed by atoms with E-state index in [1.807, 2.05) is 19.1 Å². The lowest BCUT2D eigenvalue weighted by atomic mass is 10.1. The Morgan fingerprint density at radius 3 is 2.58 bits per heavy atom. The van der Waals surface area contributed by atoms with Gasteiger partial charge in [0.05, 0.1) is 12.6 Å². The molecule has 0 aliphatic heterocycles. The molecule has 1 aromatic heterocycles. The Hall–Kier alpha value is -4.99. The number of carbonyl (C=O) groups is 2. The molecule has 0 atom stereocenters. The third kappa shape index (κ3) is 5.86. The highest BCUT2D eigenvalue weighted by molar-refractivity contribution is 5.96. The largest absolute Gasteiger partial charge is 0.493 e. The van der Waals surface area contributed by atoms with Gasteiger partial charge in [-0.25, -0.2) is 9.97 Å². The molecule has 0 saturated carbocycles. The summed E-state index contributed by atoms with van der Waals surface area (Å²) in [5.41, 5.74) is 9.48. The van der Waals surface area contributed by atoms with Gasteiger partial charge in [0.15, 0.2) is 17.3 Å². The van der Waals surface area contributed by atoms with Crippen molar-refractivity contribution in [1.82, 2.24) is 9.97 Å². The Morgan fingerprint density at radius 1 is 1.05 bits per heavy atom. The summed E-state index contributed by atoms with van der Waals surface area (Å²) in [6.07, 6.45) is 2.34. The lowest BCUT2D eigenvalue weighted by Gasteiger charge is -2.15. The van der Waals surface area contributed by atoms with Crippen LogP contribution in [0.25, 0.3) is 22.3 Å². The van der Waals surface area contributed by atoms with Gasteiger partial charge in [0.25, 0.3) is 0 Å². The standard InChI is InChI=1S/C28H28N6O4/c1-4-6-26(36)31-19-8-5-7-17(11-19)27-33-23-14-24(37-3)25(38-16(2)35)13-21(23)28(34-27)32-20-9-10-22(30)18(12-20)15-29/h5,7-15,29H,4,6,30H2,1-3H3,(H,31,36)(H,32,33,34). The first-order valence-corrected chi connectivity index (χ1v) is 12.0. The first-order valence-electron chi connectivity index (χ1n) is 12.0. The van der Waals surface area contributed by atoms with Gasteiger partial charge in [0.1, 0.15) is 5.82 Å². The molecule has 10 heteroatoms. The van der Waals surface area contributed by atoms with Gasteiger partial charge in [0, 0.05) is 59.2 Å². The topological polar surface area (TPSA) is 152 Å². The zero-order valence-corrected chi connectivity index (χ0v) is 21.3. The van der Waals surface area contributed by atoms with Gasteiger partial charge in [-0.3, -0.25) is 9.59 Å². The van der Waals surface area contributed by atoms with Crippen molar-refractivity contribution in [2.75, 3.05) is 23.5 Å². The summed E-state index contributed by atoms with van der Waals surface area (Å²) in [5.74, 6) is 0.830. The molecule has 0 bridgehead atoms. The zero-order chi connectivity index (χ0) is 27.2. The van der Waals surface area contributed by atoms with Crippen LogP contribution in [-0.2, 0) is 9.59 Å². The second-order valence-electron chi connectivity index (χ2n) is 8.50. The molecule has 0 saturated heterocycles. The third-order valence-electron chi connectivity index (χ3n) is 5.62. The van der Waals surface area contributed by atoms with Crippen LogP contribution in [-0.4, -0.2) is 35.2 Å². The van der Waals surface area contributed by atoms with E-state index in [0.29, 0.717) is 62.9 Å². The first kappa shape index (κ1) is 26.1. The molecule has 38 heavy (non-hydrogen) atoms. The van der Waals surface area contributed by atoms with E-state index >= 15 is 0 Å². The summed E-state index contributed by atoms with van der Waals surface area (Å²) in [5, 5.41) is 14.4. The number of nitrogens with zero attached hydrogens (tertiary/aromatic N) is 2. The molecule has 0 unspecified atom stereocenters. The van der Waals surface area contributed by atoms with Crippen LogP contribution in [0.15, 0.2) is 54.6 Å². The Labute approximate surface area is 219 Å². The molecule has 1 amide bonds. The van der Waals surface area contributed by atoms with Crippen molar-refractivity contribution in [3.05, 3.63) is 60.2 Å². The third-order valence-corrected chi connectivity index (χ3v) is 5.62. The minimum absolute atomic E-state index is 0.0699. The van der Waals surface area contributed by atoms with Crippen LogP contribution < -0.4 is 25.8 Å². The number of methoxy groups -OCH3 is 1. The molecule has 4 aromatic rings. The number of nitrogens with one attached hydrogen (secondary N) is 3. The van der Waals surface area contributed by atoms with E-state index in [2.05, 4.69) is 10.6 Å². The maximum absolute atomic E-state index is 12.1. The summed E-state index contributed by atoms with van der Waals surface area (Å²) in [6.45, 7) is 3.25. The molecular weight excluding hydrogens is 484 g/mol. The lowest BCUT2D eigenvalue weighted by Crippen LogP contribution is -2.10. The highest BCUT2D eigenvalue weighted by atomic mass is 16.6. The monoisotopic (exact) mass is 512 g/mol. The van der Waals surface area contributed by atoms with Crippen LogP contribution >= 0.6 is 0 Å². The SMILES string of the molecule is CCCC(=O)Nc1cccc(-c2nc(Nc3ccc(N)c(C=N)c3)c3cc(OC(C)=O)c(OC)cc3n2)c1.